The van der Waals surface area contributed by atoms with E-state index in [9.17, 15) is 4.21 Å². The van der Waals surface area contributed by atoms with Gasteiger partial charge in [0.1, 0.15) is 0 Å². The molecule has 0 aliphatic heterocycles. The number of benzene rings is 1. The van der Waals surface area contributed by atoms with Crippen molar-refractivity contribution in [3.63, 3.8) is 0 Å². The Kier molecular flexibility index (Phi) is 4.80. The van der Waals surface area contributed by atoms with Gasteiger partial charge in [0.2, 0.25) is 0 Å². The van der Waals surface area contributed by atoms with Crippen LogP contribution in [0.15, 0.2) is 24.3 Å². The summed E-state index contributed by atoms with van der Waals surface area (Å²) in [5.41, 5.74) is 2.75. The maximum Gasteiger partial charge on any atom is 0.0548 e. The molecule has 1 N–H and O–H groups in total. The van der Waals surface area contributed by atoms with Gasteiger partial charge in [-0.2, -0.15) is 0 Å². The van der Waals surface area contributed by atoms with Crippen molar-refractivity contribution in [1.29, 1.82) is 0 Å². The molecule has 1 aromatic carbocycles. The van der Waals surface area contributed by atoms with Gasteiger partial charge in [0.15, 0.2) is 0 Å². The molecule has 2 rings (SSSR count). The predicted molar refractivity (Wildman–Crippen MR) is 82.8 cm³/mol. The van der Waals surface area contributed by atoms with Crippen molar-refractivity contribution in [2.45, 2.75) is 50.2 Å². The van der Waals surface area contributed by atoms with Crippen molar-refractivity contribution in [1.82, 2.24) is 5.32 Å². The minimum atomic E-state index is -0.781. The Bertz CT molecular complexity index is 458. The summed E-state index contributed by atoms with van der Waals surface area (Å²) in [5, 5.41) is 3.88. The first-order chi connectivity index (χ1) is 9.06. The molecule has 19 heavy (non-hydrogen) atoms. The highest BCUT2D eigenvalue weighted by molar-refractivity contribution is 7.86. The van der Waals surface area contributed by atoms with E-state index in [1.165, 1.54) is 11.1 Å². The highest BCUT2D eigenvalue weighted by Gasteiger charge is 2.34. The molecule has 1 aliphatic rings. The van der Waals surface area contributed by atoms with Gasteiger partial charge in [0.05, 0.1) is 5.25 Å². The van der Waals surface area contributed by atoms with Gasteiger partial charge in [-0.05, 0) is 36.9 Å². The first kappa shape index (κ1) is 14.7. The number of hydrogen-bond acceptors (Lipinski definition) is 2. The zero-order valence-electron chi connectivity index (χ0n) is 12.3. The average Bonchev–Trinajstić information content (AvgIpc) is 2.44. The van der Waals surface area contributed by atoms with E-state index in [1.54, 1.807) is 0 Å². The third kappa shape index (κ3) is 2.92. The lowest BCUT2D eigenvalue weighted by Crippen LogP contribution is -2.40. The number of hydrogen-bond donors (Lipinski definition) is 1. The molecular weight excluding hydrogens is 254 g/mol. The minimum Gasteiger partial charge on any atom is -0.312 e. The van der Waals surface area contributed by atoms with Crippen molar-refractivity contribution in [3.8, 4) is 0 Å². The van der Waals surface area contributed by atoms with Gasteiger partial charge >= 0.3 is 0 Å². The van der Waals surface area contributed by atoms with Gasteiger partial charge in [0.25, 0.3) is 0 Å². The highest BCUT2D eigenvalue weighted by Crippen LogP contribution is 2.34. The van der Waals surface area contributed by atoms with E-state index in [0.717, 1.165) is 12.8 Å². The van der Waals surface area contributed by atoms with Crippen molar-refractivity contribution in [2.75, 3.05) is 7.05 Å². The van der Waals surface area contributed by atoms with Crippen molar-refractivity contribution in [3.05, 3.63) is 35.4 Å². The van der Waals surface area contributed by atoms with Gasteiger partial charge in [-0.3, -0.25) is 4.21 Å². The molecule has 0 saturated carbocycles. The third-order valence-electron chi connectivity index (χ3n) is 4.37. The van der Waals surface area contributed by atoms with Crippen LogP contribution < -0.4 is 5.32 Å². The Balaban J connectivity index is 2.27. The molecule has 4 atom stereocenters. The first-order valence-electron chi connectivity index (χ1n) is 7.20. The van der Waals surface area contributed by atoms with Crippen molar-refractivity contribution in [2.24, 2.45) is 5.92 Å². The number of fused-ring (bicyclic) bond motifs is 1. The van der Waals surface area contributed by atoms with Crippen molar-refractivity contribution < 1.29 is 4.21 Å². The number of aryl methyl sites for hydroxylation is 1. The predicted octanol–water partition coefficient (Wildman–Crippen LogP) is 3.06. The third-order valence-corrected chi connectivity index (χ3v) is 6.76. The molecule has 0 heterocycles. The van der Waals surface area contributed by atoms with Crippen LogP contribution in [0.25, 0.3) is 0 Å². The summed E-state index contributed by atoms with van der Waals surface area (Å²) in [5.74, 6) is 0.468. The molecule has 1 aromatic rings. The largest absolute Gasteiger partial charge is 0.312 e. The fraction of sp³-hybridized carbons (Fsp3) is 0.625. The van der Waals surface area contributed by atoms with Crippen LogP contribution in [0.1, 0.15) is 44.4 Å². The summed E-state index contributed by atoms with van der Waals surface area (Å²) in [6.45, 7) is 6.44. The summed E-state index contributed by atoms with van der Waals surface area (Å²) in [6.07, 6.45) is 2.07. The van der Waals surface area contributed by atoms with Crippen LogP contribution in [0.2, 0.25) is 0 Å². The minimum absolute atomic E-state index is 0.229. The summed E-state index contributed by atoms with van der Waals surface area (Å²) in [4.78, 5) is 0. The summed E-state index contributed by atoms with van der Waals surface area (Å²) in [7, 11) is 1.20. The summed E-state index contributed by atoms with van der Waals surface area (Å²) in [6, 6.07) is 8.79. The Labute approximate surface area is 119 Å². The topological polar surface area (TPSA) is 29.1 Å². The molecule has 4 unspecified atom stereocenters. The first-order valence-corrected chi connectivity index (χ1v) is 8.48. The zero-order chi connectivity index (χ0) is 14.0. The SMILES string of the molecule is CNC1c2ccccc2CCC1S(=O)C(C)C(C)C. The average molecular weight is 279 g/mol. The normalized spacial score (nSPS) is 25.9. The van der Waals surface area contributed by atoms with E-state index in [4.69, 9.17) is 0 Å². The van der Waals surface area contributed by atoms with Gasteiger partial charge in [-0.1, -0.05) is 45.0 Å². The number of nitrogens with one attached hydrogen (secondary N) is 1. The standard InChI is InChI=1S/C16H25NOS/c1-11(2)12(3)19(18)15-10-9-13-7-5-6-8-14(13)16(15)17-4/h5-8,11-12,15-17H,9-10H2,1-4H3. The molecule has 0 radical (unpaired) electrons. The molecule has 0 bridgehead atoms. The van der Waals surface area contributed by atoms with Crippen LogP contribution in [0, 0.1) is 5.92 Å². The van der Waals surface area contributed by atoms with E-state index in [-0.39, 0.29) is 16.5 Å². The van der Waals surface area contributed by atoms with Crippen LogP contribution in [-0.4, -0.2) is 21.8 Å². The molecule has 0 amide bonds. The second kappa shape index (κ2) is 6.19. The molecular formula is C16H25NOS. The van der Waals surface area contributed by atoms with Crippen LogP contribution in [0.5, 0.6) is 0 Å². The molecule has 0 spiro atoms. The van der Waals surface area contributed by atoms with Gasteiger partial charge in [-0.25, -0.2) is 0 Å². The Morgan fingerprint density at radius 2 is 1.95 bits per heavy atom. The van der Waals surface area contributed by atoms with E-state index in [1.807, 2.05) is 7.05 Å². The lowest BCUT2D eigenvalue weighted by Gasteiger charge is -2.35. The van der Waals surface area contributed by atoms with Crippen LogP contribution >= 0.6 is 0 Å². The second-order valence-corrected chi connectivity index (χ2v) is 7.83. The lowest BCUT2D eigenvalue weighted by molar-refractivity contribution is 0.488. The fourth-order valence-corrected chi connectivity index (χ4v) is 4.85. The molecule has 1 aliphatic carbocycles. The maximum absolute atomic E-state index is 12.8. The van der Waals surface area contributed by atoms with Crippen LogP contribution in [0.4, 0.5) is 0 Å². The smallest absolute Gasteiger partial charge is 0.0548 e. The Hall–Kier alpha value is -0.670. The molecule has 3 heteroatoms. The summed E-state index contributed by atoms with van der Waals surface area (Å²) >= 11 is 0. The number of rotatable bonds is 4. The highest BCUT2D eigenvalue weighted by atomic mass is 32.2. The van der Waals surface area contributed by atoms with Crippen LogP contribution in [-0.2, 0) is 17.2 Å². The van der Waals surface area contributed by atoms with Gasteiger partial charge < -0.3 is 5.32 Å². The van der Waals surface area contributed by atoms with Gasteiger partial charge in [0, 0.05) is 22.1 Å². The van der Waals surface area contributed by atoms with Crippen LogP contribution in [0.3, 0.4) is 0 Å². The molecule has 106 valence electrons. The summed E-state index contributed by atoms with van der Waals surface area (Å²) < 4.78 is 12.8. The maximum atomic E-state index is 12.8. The van der Waals surface area contributed by atoms with E-state index in [2.05, 4.69) is 50.4 Å². The molecule has 2 nitrogen and oxygen atoms in total. The Morgan fingerprint density at radius 3 is 2.58 bits per heavy atom. The fourth-order valence-electron chi connectivity index (χ4n) is 2.87. The van der Waals surface area contributed by atoms with Gasteiger partial charge in [-0.15, -0.1) is 0 Å². The quantitative estimate of drug-likeness (QED) is 0.918. The van der Waals surface area contributed by atoms with Crippen molar-refractivity contribution >= 4 is 10.8 Å². The second-order valence-electron chi connectivity index (χ2n) is 5.82. The van der Waals surface area contributed by atoms with E-state index < -0.39 is 10.8 Å². The Morgan fingerprint density at radius 1 is 1.26 bits per heavy atom. The molecule has 0 saturated heterocycles. The molecule has 0 aromatic heterocycles. The van der Waals surface area contributed by atoms with E-state index >= 15 is 0 Å². The van der Waals surface area contributed by atoms with E-state index in [0.29, 0.717) is 5.92 Å². The molecule has 0 fully saturated rings. The lowest BCUT2D eigenvalue weighted by atomic mass is 9.87. The zero-order valence-corrected chi connectivity index (χ0v) is 13.2. The monoisotopic (exact) mass is 279 g/mol.